The largest absolute Gasteiger partial charge is 0.365 e. The number of carbonyl (C=O) groups excluding carboxylic acids is 2. The molecule has 4 rings (SSSR count). The average Bonchev–Trinajstić information content (AvgIpc) is 3.25. The van der Waals surface area contributed by atoms with E-state index in [1.54, 1.807) is 12.4 Å². The highest BCUT2D eigenvalue weighted by Gasteiger charge is 2.44. The highest BCUT2D eigenvalue weighted by atomic mass is 32.1. The Morgan fingerprint density at radius 3 is 2.62 bits per heavy atom. The first-order chi connectivity index (χ1) is 12.7. The smallest absolute Gasteiger partial charge is 0.271 e. The number of anilines is 1. The second kappa shape index (κ2) is 7.07. The lowest BCUT2D eigenvalue weighted by Gasteiger charge is -2.18. The van der Waals surface area contributed by atoms with E-state index in [2.05, 4.69) is 15.6 Å². The molecule has 2 aliphatic rings. The van der Waals surface area contributed by atoms with Crippen molar-refractivity contribution in [2.24, 2.45) is 11.8 Å². The molecule has 26 heavy (non-hydrogen) atoms. The summed E-state index contributed by atoms with van der Waals surface area (Å²) in [5, 5.41) is 8.55. The van der Waals surface area contributed by atoms with Gasteiger partial charge < -0.3 is 15.5 Å². The Balaban J connectivity index is 1.46. The summed E-state index contributed by atoms with van der Waals surface area (Å²) < 4.78 is 0. The van der Waals surface area contributed by atoms with Crippen molar-refractivity contribution in [3.63, 3.8) is 0 Å². The molecule has 1 aliphatic carbocycles. The van der Waals surface area contributed by atoms with Crippen LogP contribution in [0.1, 0.15) is 33.7 Å². The van der Waals surface area contributed by atoms with E-state index in [-0.39, 0.29) is 17.9 Å². The standard InChI is InChI=1S/C19H22N4O2S/c1-20-19-22-16(11-26-19)17(24)21-15-10-23(9-14(15)12-7-8-12)18(25)13-5-3-2-4-6-13/h2-6,11-12,14-15H,7-10H2,1H3,(H,20,22)(H,21,24)/t14-,15+/m0/s1. The van der Waals surface area contributed by atoms with E-state index in [1.165, 1.54) is 24.2 Å². The summed E-state index contributed by atoms with van der Waals surface area (Å²) in [5.74, 6) is 0.817. The van der Waals surface area contributed by atoms with E-state index in [1.807, 2.05) is 35.2 Å². The number of nitrogens with one attached hydrogen (secondary N) is 2. The van der Waals surface area contributed by atoms with E-state index in [0.717, 1.165) is 5.13 Å². The van der Waals surface area contributed by atoms with Crippen molar-refractivity contribution in [1.29, 1.82) is 0 Å². The van der Waals surface area contributed by atoms with Gasteiger partial charge >= 0.3 is 0 Å². The molecule has 7 heteroatoms. The van der Waals surface area contributed by atoms with E-state index in [0.29, 0.717) is 36.2 Å². The summed E-state index contributed by atoms with van der Waals surface area (Å²) in [6, 6.07) is 9.33. The molecule has 0 unspecified atom stereocenters. The Labute approximate surface area is 156 Å². The third kappa shape index (κ3) is 3.44. The van der Waals surface area contributed by atoms with Crippen LogP contribution in [0.25, 0.3) is 0 Å². The predicted octanol–water partition coefficient (Wildman–Crippen LogP) is 2.47. The normalized spacial score (nSPS) is 22.3. The summed E-state index contributed by atoms with van der Waals surface area (Å²) in [4.78, 5) is 31.5. The third-order valence-electron chi connectivity index (χ3n) is 5.17. The first kappa shape index (κ1) is 17.0. The molecule has 1 saturated heterocycles. The van der Waals surface area contributed by atoms with Crippen LogP contribution in [-0.4, -0.2) is 47.9 Å². The van der Waals surface area contributed by atoms with E-state index >= 15 is 0 Å². The molecule has 0 spiro atoms. The molecule has 1 aromatic carbocycles. The summed E-state index contributed by atoms with van der Waals surface area (Å²) in [6.07, 6.45) is 2.37. The molecule has 2 fully saturated rings. The number of hydrogen-bond acceptors (Lipinski definition) is 5. The lowest BCUT2D eigenvalue weighted by atomic mass is 9.98. The zero-order valence-electron chi connectivity index (χ0n) is 14.6. The summed E-state index contributed by atoms with van der Waals surface area (Å²) in [5.41, 5.74) is 1.13. The lowest BCUT2D eigenvalue weighted by molar-refractivity contribution is 0.0780. The second-order valence-corrected chi connectivity index (χ2v) is 7.80. The van der Waals surface area contributed by atoms with E-state index in [4.69, 9.17) is 0 Å². The van der Waals surface area contributed by atoms with Gasteiger partial charge in [-0.15, -0.1) is 11.3 Å². The first-order valence-electron chi connectivity index (χ1n) is 8.94. The molecular formula is C19H22N4O2S. The molecule has 1 aromatic heterocycles. The molecule has 2 atom stereocenters. The van der Waals surface area contributed by atoms with Crippen LogP contribution in [0, 0.1) is 11.8 Å². The molecule has 136 valence electrons. The zero-order chi connectivity index (χ0) is 18.1. The zero-order valence-corrected chi connectivity index (χ0v) is 15.5. The van der Waals surface area contributed by atoms with Crippen molar-refractivity contribution in [1.82, 2.24) is 15.2 Å². The molecule has 0 bridgehead atoms. The van der Waals surface area contributed by atoms with Crippen LogP contribution in [0.15, 0.2) is 35.7 Å². The van der Waals surface area contributed by atoms with Crippen LogP contribution >= 0.6 is 11.3 Å². The van der Waals surface area contributed by atoms with Gasteiger partial charge in [-0.2, -0.15) is 0 Å². The fourth-order valence-electron chi connectivity index (χ4n) is 3.65. The maximum absolute atomic E-state index is 12.8. The molecule has 2 N–H and O–H groups in total. The van der Waals surface area contributed by atoms with Crippen LogP contribution in [0.3, 0.4) is 0 Å². The minimum absolute atomic E-state index is 0.0117. The van der Waals surface area contributed by atoms with E-state index < -0.39 is 0 Å². The molecule has 1 aliphatic heterocycles. The van der Waals surface area contributed by atoms with Crippen LogP contribution < -0.4 is 10.6 Å². The number of likely N-dealkylation sites (tertiary alicyclic amines) is 1. The van der Waals surface area contributed by atoms with Gasteiger partial charge in [0, 0.05) is 37.0 Å². The molecule has 2 heterocycles. The highest BCUT2D eigenvalue weighted by Crippen LogP contribution is 2.41. The topological polar surface area (TPSA) is 74.3 Å². The van der Waals surface area contributed by atoms with E-state index in [9.17, 15) is 9.59 Å². The second-order valence-electron chi connectivity index (χ2n) is 6.95. The van der Waals surface area contributed by atoms with Gasteiger partial charge in [-0.1, -0.05) is 18.2 Å². The molecular weight excluding hydrogens is 348 g/mol. The molecule has 1 saturated carbocycles. The number of aromatic nitrogens is 1. The maximum atomic E-state index is 12.8. The molecule has 2 amide bonds. The fourth-order valence-corrected chi connectivity index (χ4v) is 4.30. The van der Waals surface area contributed by atoms with Gasteiger partial charge in [0.05, 0.1) is 6.04 Å². The predicted molar refractivity (Wildman–Crippen MR) is 101 cm³/mol. The first-order valence-corrected chi connectivity index (χ1v) is 9.82. The maximum Gasteiger partial charge on any atom is 0.271 e. The van der Waals surface area contributed by atoms with Crippen LogP contribution in [0.2, 0.25) is 0 Å². The van der Waals surface area contributed by atoms with Crippen LogP contribution in [0.4, 0.5) is 5.13 Å². The van der Waals surface area contributed by atoms with Crippen molar-refractivity contribution in [2.45, 2.75) is 18.9 Å². The number of amides is 2. The number of hydrogen-bond donors (Lipinski definition) is 2. The minimum Gasteiger partial charge on any atom is -0.365 e. The molecule has 0 radical (unpaired) electrons. The van der Waals surface area contributed by atoms with Gasteiger partial charge in [0.25, 0.3) is 11.8 Å². The SMILES string of the molecule is CNc1nc(C(=O)N[C@@H]2CN(C(=O)c3ccccc3)C[C@H]2C2CC2)cs1. The minimum atomic E-state index is -0.160. The fraction of sp³-hybridized carbons (Fsp3) is 0.421. The number of benzene rings is 1. The highest BCUT2D eigenvalue weighted by molar-refractivity contribution is 7.13. The van der Waals surface area contributed by atoms with Crippen molar-refractivity contribution in [2.75, 3.05) is 25.5 Å². The summed E-state index contributed by atoms with van der Waals surface area (Å²) >= 11 is 1.41. The Morgan fingerprint density at radius 1 is 1.19 bits per heavy atom. The number of thiazole rings is 1. The van der Waals surface area contributed by atoms with Gasteiger partial charge in [0.1, 0.15) is 5.69 Å². The van der Waals surface area contributed by atoms with Gasteiger partial charge in [-0.25, -0.2) is 4.98 Å². The third-order valence-corrected chi connectivity index (χ3v) is 6.03. The monoisotopic (exact) mass is 370 g/mol. The Bertz CT molecular complexity index is 803. The van der Waals surface area contributed by atoms with Crippen molar-refractivity contribution < 1.29 is 9.59 Å². The average molecular weight is 370 g/mol. The van der Waals surface area contributed by atoms with Gasteiger partial charge in [-0.3, -0.25) is 9.59 Å². The van der Waals surface area contributed by atoms with Crippen LogP contribution in [0.5, 0.6) is 0 Å². The van der Waals surface area contributed by atoms with Crippen molar-refractivity contribution >= 4 is 28.3 Å². The summed E-state index contributed by atoms with van der Waals surface area (Å²) in [7, 11) is 1.79. The number of carbonyl (C=O) groups is 2. The number of nitrogens with zero attached hydrogens (tertiary/aromatic N) is 2. The van der Waals surface area contributed by atoms with Crippen molar-refractivity contribution in [3.8, 4) is 0 Å². The van der Waals surface area contributed by atoms with Crippen molar-refractivity contribution in [3.05, 3.63) is 47.0 Å². The molecule has 6 nitrogen and oxygen atoms in total. The lowest BCUT2D eigenvalue weighted by Crippen LogP contribution is -2.41. The number of rotatable bonds is 5. The van der Waals surface area contributed by atoms with Crippen LogP contribution in [-0.2, 0) is 0 Å². The Morgan fingerprint density at radius 2 is 1.96 bits per heavy atom. The van der Waals surface area contributed by atoms with Gasteiger partial charge in [0.2, 0.25) is 0 Å². The summed E-state index contributed by atoms with van der Waals surface area (Å²) in [6.45, 7) is 1.27. The Kier molecular flexibility index (Phi) is 4.63. The molecule has 2 aromatic rings. The quantitative estimate of drug-likeness (QED) is 0.848. The van der Waals surface area contributed by atoms with Gasteiger partial charge in [0.15, 0.2) is 5.13 Å². The Hall–Kier alpha value is -2.41. The van der Waals surface area contributed by atoms with Gasteiger partial charge in [-0.05, 0) is 30.9 Å².